The molecular weight excluding hydrogens is 201 g/mol. The maximum Gasteiger partial charge on any atom is 0.220 e. The summed E-state index contributed by atoms with van der Waals surface area (Å²) < 4.78 is 16.9. The number of hydrogen-bond acceptors (Lipinski definition) is 3. The highest BCUT2D eigenvalue weighted by atomic mass is 19.1. The molecule has 0 aromatic rings. The lowest BCUT2D eigenvalue weighted by Crippen LogP contribution is -2.28. The molecule has 0 aromatic carbocycles. The summed E-state index contributed by atoms with van der Waals surface area (Å²) in [5.74, 6) is -0.785. The molecule has 0 aromatic heterocycles. The van der Waals surface area contributed by atoms with E-state index in [4.69, 9.17) is 4.74 Å². The molecule has 1 amide bonds. The Morgan fingerprint density at radius 1 is 1.33 bits per heavy atom. The first-order chi connectivity index (χ1) is 7.06. The van der Waals surface area contributed by atoms with Crippen molar-refractivity contribution in [2.75, 3.05) is 19.8 Å². The molecule has 0 unspecified atom stereocenters. The summed E-state index contributed by atoms with van der Waals surface area (Å²) in [5.41, 5.74) is 0. The Bertz CT molecular complexity index is 207. The highest BCUT2D eigenvalue weighted by molar-refractivity contribution is 5.85. The van der Waals surface area contributed by atoms with E-state index >= 15 is 0 Å². The van der Waals surface area contributed by atoms with Crippen LogP contribution < -0.4 is 5.32 Å². The number of Topliss-reactive ketones (excluding diaryl/α,β-unsaturated/α-hetero) is 1. The van der Waals surface area contributed by atoms with Crippen LogP contribution in [0.25, 0.3) is 0 Å². The molecule has 1 N–H and O–H groups in total. The van der Waals surface area contributed by atoms with Crippen LogP contribution in [0.4, 0.5) is 4.39 Å². The number of amides is 1. The summed E-state index contributed by atoms with van der Waals surface area (Å²) in [7, 11) is 0. The summed E-state index contributed by atoms with van der Waals surface area (Å²) in [6.07, 6.45) is 0.146. The second kappa shape index (κ2) is 8.35. The predicted molar refractivity (Wildman–Crippen MR) is 54.3 cm³/mol. The normalized spacial score (nSPS) is 10.4. The third-order valence-corrected chi connectivity index (χ3v) is 1.66. The molecule has 0 fully saturated rings. The molecule has 0 aliphatic rings. The molecule has 5 heteroatoms. The van der Waals surface area contributed by atoms with Gasteiger partial charge < -0.3 is 10.1 Å². The average Bonchev–Trinajstić information content (AvgIpc) is 2.20. The lowest BCUT2D eigenvalue weighted by molar-refractivity contribution is -0.125. The van der Waals surface area contributed by atoms with Gasteiger partial charge in [0.05, 0.1) is 12.7 Å². The fraction of sp³-hybridized carbons (Fsp3) is 0.800. The fourth-order valence-electron chi connectivity index (χ4n) is 0.893. The Hall–Kier alpha value is -0.970. The van der Waals surface area contributed by atoms with Crippen LogP contribution in [0, 0.1) is 0 Å². The van der Waals surface area contributed by atoms with Gasteiger partial charge in [-0.3, -0.25) is 9.59 Å². The lowest BCUT2D eigenvalue weighted by atomic mass is 10.2. The monoisotopic (exact) mass is 219 g/mol. The number of hydrogen-bond donors (Lipinski definition) is 1. The molecule has 0 heterocycles. The maximum atomic E-state index is 11.7. The van der Waals surface area contributed by atoms with Crippen molar-refractivity contribution in [3.63, 3.8) is 0 Å². The maximum absolute atomic E-state index is 11.7. The van der Waals surface area contributed by atoms with Crippen molar-refractivity contribution in [3.8, 4) is 0 Å². The van der Waals surface area contributed by atoms with E-state index in [-0.39, 0.29) is 24.9 Å². The highest BCUT2D eigenvalue weighted by Gasteiger charge is 2.05. The van der Waals surface area contributed by atoms with Gasteiger partial charge >= 0.3 is 0 Å². The van der Waals surface area contributed by atoms with E-state index in [9.17, 15) is 14.0 Å². The Balaban J connectivity index is 3.37. The van der Waals surface area contributed by atoms with E-state index < -0.39 is 12.5 Å². The smallest absolute Gasteiger partial charge is 0.220 e. The first-order valence-electron chi connectivity index (χ1n) is 5.02. The molecule has 0 spiro atoms. The van der Waals surface area contributed by atoms with Gasteiger partial charge in [-0.05, 0) is 13.8 Å². The molecule has 0 saturated heterocycles. The van der Waals surface area contributed by atoms with Gasteiger partial charge in [0.25, 0.3) is 0 Å². The Labute approximate surface area is 89.2 Å². The minimum Gasteiger partial charge on any atom is -0.377 e. The van der Waals surface area contributed by atoms with Crippen LogP contribution >= 0.6 is 0 Å². The minimum atomic E-state index is -0.996. The van der Waals surface area contributed by atoms with Crippen molar-refractivity contribution in [2.24, 2.45) is 0 Å². The molecule has 0 aliphatic heterocycles. The van der Waals surface area contributed by atoms with Crippen molar-refractivity contribution >= 4 is 11.7 Å². The van der Waals surface area contributed by atoms with Crippen LogP contribution in [0.3, 0.4) is 0 Å². The Kier molecular flexibility index (Phi) is 7.81. The number of carbonyl (C=O) groups is 2. The SMILES string of the molecule is CC(C)OCCNC(=O)CCC(=O)CF. The summed E-state index contributed by atoms with van der Waals surface area (Å²) in [5, 5.41) is 2.58. The van der Waals surface area contributed by atoms with E-state index in [2.05, 4.69) is 5.32 Å². The van der Waals surface area contributed by atoms with Crippen LogP contribution in [0.1, 0.15) is 26.7 Å². The van der Waals surface area contributed by atoms with Gasteiger partial charge in [0.15, 0.2) is 5.78 Å². The third kappa shape index (κ3) is 9.34. The van der Waals surface area contributed by atoms with E-state index in [1.807, 2.05) is 13.8 Å². The Morgan fingerprint density at radius 3 is 2.53 bits per heavy atom. The zero-order valence-corrected chi connectivity index (χ0v) is 9.22. The first kappa shape index (κ1) is 14.0. The van der Waals surface area contributed by atoms with Gasteiger partial charge in [0.1, 0.15) is 6.67 Å². The number of ether oxygens (including phenoxy) is 1. The van der Waals surface area contributed by atoms with Gasteiger partial charge in [-0.25, -0.2) is 4.39 Å². The molecule has 0 rings (SSSR count). The van der Waals surface area contributed by atoms with Gasteiger partial charge in [-0.15, -0.1) is 0 Å². The van der Waals surface area contributed by atoms with Crippen molar-refractivity contribution in [1.29, 1.82) is 0 Å². The van der Waals surface area contributed by atoms with Crippen LogP contribution in [0.2, 0.25) is 0 Å². The summed E-state index contributed by atoms with van der Waals surface area (Å²) in [4.78, 5) is 21.6. The van der Waals surface area contributed by atoms with Crippen molar-refractivity contribution in [1.82, 2.24) is 5.32 Å². The third-order valence-electron chi connectivity index (χ3n) is 1.66. The van der Waals surface area contributed by atoms with Gasteiger partial charge in [-0.2, -0.15) is 0 Å². The Morgan fingerprint density at radius 2 is 2.00 bits per heavy atom. The quantitative estimate of drug-likeness (QED) is 0.616. The summed E-state index contributed by atoms with van der Waals surface area (Å²) >= 11 is 0. The molecular formula is C10H18FNO3. The number of rotatable bonds is 8. The molecule has 0 radical (unpaired) electrons. The van der Waals surface area contributed by atoms with Crippen LogP contribution in [0.15, 0.2) is 0 Å². The second-order valence-corrected chi connectivity index (χ2v) is 3.44. The first-order valence-corrected chi connectivity index (χ1v) is 5.02. The molecule has 88 valence electrons. The van der Waals surface area contributed by atoms with Crippen LogP contribution in [-0.2, 0) is 14.3 Å². The molecule has 0 atom stereocenters. The van der Waals surface area contributed by atoms with Crippen LogP contribution in [-0.4, -0.2) is 37.6 Å². The van der Waals surface area contributed by atoms with Crippen molar-refractivity contribution < 1.29 is 18.7 Å². The number of alkyl halides is 1. The minimum absolute atomic E-state index is 0.0344. The van der Waals surface area contributed by atoms with Gasteiger partial charge in [0.2, 0.25) is 5.91 Å². The number of nitrogens with one attached hydrogen (secondary N) is 1. The fourth-order valence-corrected chi connectivity index (χ4v) is 0.893. The molecule has 15 heavy (non-hydrogen) atoms. The number of carbonyl (C=O) groups excluding carboxylic acids is 2. The highest BCUT2D eigenvalue weighted by Crippen LogP contribution is 1.92. The number of halogens is 1. The molecule has 0 aliphatic carbocycles. The standard InChI is InChI=1S/C10H18FNO3/c1-8(2)15-6-5-12-10(14)4-3-9(13)7-11/h8H,3-7H2,1-2H3,(H,12,14). The van der Waals surface area contributed by atoms with Crippen molar-refractivity contribution in [3.05, 3.63) is 0 Å². The predicted octanol–water partition coefficient (Wildman–Crippen LogP) is 0.846. The summed E-state index contributed by atoms with van der Waals surface area (Å²) in [6, 6.07) is 0. The zero-order chi connectivity index (χ0) is 11.7. The molecule has 0 bridgehead atoms. The zero-order valence-electron chi connectivity index (χ0n) is 9.22. The molecule has 4 nitrogen and oxygen atoms in total. The topological polar surface area (TPSA) is 55.4 Å². The van der Waals surface area contributed by atoms with E-state index in [1.54, 1.807) is 0 Å². The number of ketones is 1. The van der Waals surface area contributed by atoms with Crippen molar-refractivity contribution in [2.45, 2.75) is 32.8 Å². The van der Waals surface area contributed by atoms with Gasteiger partial charge in [0, 0.05) is 19.4 Å². The van der Waals surface area contributed by atoms with E-state index in [1.165, 1.54) is 0 Å². The van der Waals surface area contributed by atoms with Crippen LogP contribution in [0.5, 0.6) is 0 Å². The van der Waals surface area contributed by atoms with E-state index in [0.717, 1.165) is 0 Å². The van der Waals surface area contributed by atoms with Gasteiger partial charge in [-0.1, -0.05) is 0 Å². The summed E-state index contributed by atoms with van der Waals surface area (Å²) in [6.45, 7) is 3.68. The average molecular weight is 219 g/mol. The van der Waals surface area contributed by atoms with E-state index in [0.29, 0.717) is 13.2 Å². The lowest BCUT2D eigenvalue weighted by Gasteiger charge is -2.08. The second-order valence-electron chi connectivity index (χ2n) is 3.44. The molecule has 0 saturated carbocycles. The largest absolute Gasteiger partial charge is 0.377 e.